The molecule has 1 aromatic rings. The SMILES string of the molecule is CNc1cc(N(CCC(C)C)C2CC2)nc(C(C)(C)C)n1. The van der Waals surface area contributed by atoms with Crippen molar-refractivity contribution >= 4 is 11.6 Å². The molecule has 0 spiro atoms. The van der Waals surface area contributed by atoms with E-state index in [2.05, 4.69) is 55.9 Å². The number of hydrogen-bond donors (Lipinski definition) is 1. The first-order valence-electron chi connectivity index (χ1n) is 8.15. The lowest BCUT2D eigenvalue weighted by Gasteiger charge is -2.27. The fourth-order valence-electron chi connectivity index (χ4n) is 2.31. The quantitative estimate of drug-likeness (QED) is 0.864. The molecule has 21 heavy (non-hydrogen) atoms. The van der Waals surface area contributed by atoms with Crippen LogP contribution in [0.15, 0.2) is 6.07 Å². The van der Waals surface area contributed by atoms with Gasteiger partial charge in [0.1, 0.15) is 17.5 Å². The van der Waals surface area contributed by atoms with E-state index in [4.69, 9.17) is 4.98 Å². The zero-order valence-corrected chi connectivity index (χ0v) is 14.4. The Hall–Kier alpha value is -1.32. The van der Waals surface area contributed by atoms with E-state index in [-0.39, 0.29) is 5.41 Å². The molecule has 4 heteroatoms. The summed E-state index contributed by atoms with van der Waals surface area (Å²) in [6.45, 7) is 12.2. The molecule has 0 radical (unpaired) electrons. The minimum absolute atomic E-state index is 0.0329. The summed E-state index contributed by atoms with van der Waals surface area (Å²) in [5, 5.41) is 3.18. The minimum atomic E-state index is -0.0329. The van der Waals surface area contributed by atoms with Gasteiger partial charge in [-0.15, -0.1) is 0 Å². The number of nitrogens with one attached hydrogen (secondary N) is 1. The highest BCUT2D eigenvalue weighted by atomic mass is 15.2. The van der Waals surface area contributed by atoms with E-state index < -0.39 is 0 Å². The third kappa shape index (κ3) is 4.32. The van der Waals surface area contributed by atoms with Gasteiger partial charge in [-0.1, -0.05) is 34.6 Å². The van der Waals surface area contributed by atoms with E-state index >= 15 is 0 Å². The maximum Gasteiger partial charge on any atom is 0.138 e. The van der Waals surface area contributed by atoms with Crippen LogP contribution in [0.4, 0.5) is 11.6 Å². The molecule has 0 bridgehead atoms. The molecule has 1 aliphatic carbocycles. The molecular weight excluding hydrogens is 260 g/mol. The molecule has 1 heterocycles. The summed E-state index contributed by atoms with van der Waals surface area (Å²) in [6.07, 6.45) is 3.80. The van der Waals surface area contributed by atoms with Crippen molar-refractivity contribution in [3.8, 4) is 0 Å². The smallest absolute Gasteiger partial charge is 0.138 e. The molecule has 0 aromatic carbocycles. The van der Waals surface area contributed by atoms with Gasteiger partial charge in [0.2, 0.25) is 0 Å². The lowest BCUT2D eigenvalue weighted by molar-refractivity contribution is 0.539. The lowest BCUT2D eigenvalue weighted by atomic mass is 9.96. The standard InChI is InChI=1S/C17H30N4/c1-12(2)9-10-21(13-7-8-13)15-11-14(18-6)19-16(20-15)17(3,4)5/h11-13H,7-10H2,1-6H3,(H,18,19,20). The molecule has 1 aromatic heterocycles. The van der Waals surface area contributed by atoms with Crippen LogP contribution in [0.5, 0.6) is 0 Å². The number of nitrogens with zero attached hydrogens (tertiary/aromatic N) is 3. The lowest BCUT2D eigenvalue weighted by Crippen LogP contribution is -2.30. The fourth-order valence-corrected chi connectivity index (χ4v) is 2.31. The van der Waals surface area contributed by atoms with Crippen molar-refractivity contribution in [3.63, 3.8) is 0 Å². The number of aromatic nitrogens is 2. The Balaban J connectivity index is 2.30. The van der Waals surface area contributed by atoms with E-state index in [0.717, 1.165) is 29.9 Å². The highest BCUT2D eigenvalue weighted by Crippen LogP contribution is 2.33. The summed E-state index contributed by atoms with van der Waals surface area (Å²) in [4.78, 5) is 12.0. The number of anilines is 2. The molecule has 0 unspecified atom stereocenters. The average molecular weight is 290 g/mol. The Morgan fingerprint density at radius 1 is 1.29 bits per heavy atom. The van der Waals surface area contributed by atoms with E-state index in [1.165, 1.54) is 19.3 Å². The summed E-state index contributed by atoms with van der Waals surface area (Å²) < 4.78 is 0. The molecule has 1 aliphatic rings. The van der Waals surface area contributed by atoms with Crippen LogP contribution in [0.1, 0.15) is 59.7 Å². The van der Waals surface area contributed by atoms with Gasteiger partial charge in [-0.3, -0.25) is 0 Å². The van der Waals surface area contributed by atoms with Crippen LogP contribution in [0.3, 0.4) is 0 Å². The molecule has 1 N–H and O–H groups in total. The van der Waals surface area contributed by atoms with Crippen molar-refractivity contribution in [3.05, 3.63) is 11.9 Å². The van der Waals surface area contributed by atoms with Gasteiger partial charge in [0.25, 0.3) is 0 Å². The fraction of sp³-hybridized carbons (Fsp3) is 0.765. The second-order valence-corrected chi connectivity index (χ2v) is 7.54. The second kappa shape index (κ2) is 6.20. The summed E-state index contributed by atoms with van der Waals surface area (Å²) in [5.41, 5.74) is -0.0329. The van der Waals surface area contributed by atoms with Crippen molar-refractivity contribution in [2.24, 2.45) is 5.92 Å². The van der Waals surface area contributed by atoms with Crippen LogP contribution in [-0.2, 0) is 5.41 Å². The van der Waals surface area contributed by atoms with Crippen molar-refractivity contribution in [1.82, 2.24) is 9.97 Å². The van der Waals surface area contributed by atoms with Gasteiger partial charge in [-0.25, -0.2) is 9.97 Å². The minimum Gasteiger partial charge on any atom is -0.373 e. The van der Waals surface area contributed by atoms with Gasteiger partial charge in [0, 0.05) is 31.1 Å². The first kappa shape index (κ1) is 16.1. The number of rotatable bonds is 6. The first-order chi connectivity index (χ1) is 9.81. The van der Waals surface area contributed by atoms with Crippen LogP contribution < -0.4 is 10.2 Å². The van der Waals surface area contributed by atoms with Crippen LogP contribution in [0, 0.1) is 5.92 Å². The van der Waals surface area contributed by atoms with Crippen molar-refractivity contribution in [1.29, 1.82) is 0 Å². The zero-order chi connectivity index (χ0) is 15.6. The Morgan fingerprint density at radius 3 is 2.43 bits per heavy atom. The molecule has 4 nitrogen and oxygen atoms in total. The zero-order valence-electron chi connectivity index (χ0n) is 14.4. The molecule has 118 valence electrons. The maximum atomic E-state index is 4.87. The van der Waals surface area contributed by atoms with Crippen molar-refractivity contribution in [2.75, 3.05) is 23.8 Å². The molecule has 0 atom stereocenters. The number of hydrogen-bond acceptors (Lipinski definition) is 4. The third-order valence-electron chi connectivity index (χ3n) is 3.87. The monoisotopic (exact) mass is 290 g/mol. The highest BCUT2D eigenvalue weighted by Gasteiger charge is 2.31. The molecular formula is C17H30N4. The topological polar surface area (TPSA) is 41.0 Å². The molecule has 0 saturated heterocycles. The van der Waals surface area contributed by atoms with Crippen LogP contribution in [-0.4, -0.2) is 29.6 Å². The van der Waals surface area contributed by atoms with Gasteiger partial charge in [0.15, 0.2) is 0 Å². The Morgan fingerprint density at radius 2 is 1.95 bits per heavy atom. The maximum absolute atomic E-state index is 4.87. The van der Waals surface area contributed by atoms with Gasteiger partial charge >= 0.3 is 0 Å². The average Bonchev–Trinajstić information content (AvgIpc) is 3.22. The molecule has 1 saturated carbocycles. The second-order valence-electron chi connectivity index (χ2n) is 7.54. The third-order valence-corrected chi connectivity index (χ3v) is 3.87. The van der Waals surface area contributed by atoms with Crippen LogP contribution in [0.2, 0.25) is 0 Å². The predicted octanol–water partition coefficient (Wildman–Crippen LogP) is 3.83. The summed E-state index contributed by atoms with van der Waals surface area (Å²) in [7, 11) is 1.92. The molecule has 0 amide bonds. The molecule has 0 aliphatic heterocycles. The Labute approximate surface area is 129 Å². The predicted molar refractivity (Wildman–Crippen MR) is 90.1 cm³/mol. The van der Waals surface area contributed by atoms with Gasteiger partial charge in [0.05, 0.1) is 0 Å². The van der Waals surface area contributed by atoms with E-state index in [1.807, 2.05) is 7.05 Å². The van der Waals surface area contributed by atoms with Crippen LogP contribution >= 0.6 is 0 Å². The Kier molecular flexibility index (Phi) is 4.74. The normalized spacial score (nSPS) is 15.4. The largest absolute Gasteiger partial charge is 0.373 e. The van der Waals surface area contributed by atoms with Gasteiger partial charge in [-0.05, 0) is 25.2 Å². The summed E-state index contributed by atoms with van der Waals surface area (Å²) >= 11 is 0. The van der Waals surface area contributed by atoms with Crippen molar-refractivity contribution in [2.45, 2.75) is 65.3 Å². The summed E-state index contributed by atoms with van der Waals surface area (Å²) in [5.74, 6) is 3.64. The van der Waals surface area contributed by atoms with Gasteiger partial charge in [-0.2, -0.15) is 0 Å². The Bertz CT molecular complexity index is 472. The van der Waals surface area contributed by atoms with Gasteiger partial charge < -0.3 is 10.2 Å². The highest BCUT2D eigenvalue weighted by molar-refractivity contribution is 5.51. The van der Waals surface area contributed by atoms with Crippen LogP contribution in [0.25, 0.3) is 0 Å². The summed E-state index contributed by atoms with van der Waals surface area (Å²) in [6, 6.07) is 2.77. The van der Waals surface area contributed by atoms with E-state index in [1.54, 1.807) is 0 Å². The molecule has 1 fully saturated rings. The molecule has 2 rings (SSSR count). The van der Waals surface area contributed by atoms with E-state index in [0.29, 0.717) is 6.04 Å². The first-order valence-corrected chi connectivity index (χ1v) is 8.15. The van der Waals surface area contributed by atoms with E-state index in [9.17, 15) is 0 Å². The van der Waals surface area contributed by atoms with Crippen molar-refractivity contribution < 1.29 is 0 Å².